The number of hydrogen-bond donors (Lipinski definition) is 2. The third kappa shape index (κ3) is 11.5. The maximum atomic E-state index is 11.1. The predicted molar refractivity (Wildman–Crippen MR) is 69.0 cm³/mol. The number of amides is 1. The molecule has 0 heterocycles. The van der Waals surface area contributed by atoms with E-state index in [-0.39, 0.29) is 24.3 Å². The molecule has 1 amide bonds. The van der Waals surface area contributed by atoms with Crippen LogP contribution in [0.15, 0.2) is 0 Å². The average molecular weight is 267 g/mol. The van der Waals surface area contributed by atoms with E-state index in [1.807, 2.05) is 0 Å². The molecule has 0 saturated carbocycles. The van der Waals surface area contributed by atoms with Crippen molar-refractivity contribution < 1.29 is 14.3 Å². The van der Waals surface area contributed by atoms with Gasteiger partial charge in [-0.1, -0.05) is 12.8 Å². The Morgan fingerprint density at radius 3 is 2.35 bits per heavy atom. The van der Waals surface area contributed by atoms with Gasteiger partial charge in [0.15, 0.2) is 0 Å². The Kier molecular flexibility index (Phi) is 12.7. The summed E-state index contributed by atoms with van der Waals surface area (Å²) in [7, 11) is 1.39. The summed E-state index contributed by atoms with van der Waals surface area (Å²) in [6.07, 6.45) is 4.20. The van der Waals surface area contributed by atoms with Crippen molar-refractivity contribution in [3.8, 4) is 0 Å². The predicted octanol–water partition coefficient (Wildman–Crippen LogP) is 0.995. The zero-order chi connectivity index (χ0) is 12.4. The van der Waals surface area contributed by atoms with E-state index in [4.69, 9.17) is 5.73 Å². The molecule has 0 aromatic rings. The topological polar surface area (TPSA) is 81.4 Å². The van der Waals surface area contributed by atoms with Crippen LogP contribution in [0.25, 0.3) is 0 Å². The summed E-state index contributed by atoms with van der Waals surface area (Å²) in [4.78, 5) is 21.8. The van der Waals surface area contributed by atoms with Crippen LogP contribution in [0.3, 0.4) is 0 Å². The Balaban J connectivity index is 0. The Labute approximate surface area is 109 Å². The number of carbonyl (C=O) groups excluding carboxylic acids is 2. The number of hydrogen-bond acceptors (Lipinski definition) is 4. The van der Waals surface area contributed by atoms with Gasteiger partial charge in [0.25, 0.3) is 0 Å². The number of ether oxygens (including phenoxy) is 1. The molecule has 5 nitrogen and oxygen atoms in total. The first-order chi connectivity index (χ1) is 7.57. The molecule has 0 aliphatic carbocycles. The first-order valence-corrected chi connectivity index (χ1v) is 5.68. The SMILES string of the molecule is COC(=O)CCCCCCNC(=O)C(C)N.Cl. The van der Waals surface area contributed by atoms with Crippen LogP contribution in [0.1, 0.15) is 39.0 Å². The van der Waals surface area contributed by atoms with Crippen molar-refractivity contribution in [1.29, 1.82) is 0 Å². The molecular weight excluding hydrogens is 244 g/mol. The molecule has 6 heteroatoms. The van der Waals surface area contributed by atoms with Gasteiger partial charge in [-0.3, -0.25) is 9.59 Å². The number of unbranched alkanes of at least 4 members (excludes halogenated alkanes) is 3. The van der Waals surface area contributed by atoms with E-state index in [2.05, 4.69) is 10.1 Å². The van der Waals surface area contributed by atoms with Crippen molar-refractivity contribution in [2.45, 2.75) is 45.1 Å². The van der Waals surface area contributed by atoms with E-state index < -0.39 is 6.04 Å². The molecular formula is C11H23ClN2O3. The van der Waals surface area contributed by atoms with E-state index in [9.17, 15) is 9.59 Å². The molecule has 1 atom stereocenters. The number of rotatable bonds is 8. The molecule has 3 N–H and O–H groups in total. The highest BCUT2D eigenvalue weighted by Crippen LogP contribution is 2.03. The summed E-state index contributed by atoms with van der Waals surface area (Å²) in [5, 5.41) is 2.74. The van der Waals surface area contributed by atoms with Crippen LogP contribution in [-0.4, -0.2) is 31.6 Å². The number of nitrogens with two attached hydrogens (primary N) is 1. The highest BCUT2D eigenvalue weighted by Gasteiger charge is 2.05. The Morgan fingerprint density at radius 2 is 1.82 bits per heavy atom. The molecule has 0 fully saturated rings. The smallest absolute Gasteiger partial charge is 0.305 e. The molecule has 0 bridgehead atoms. The molecule has 0 aromatic carbocycles. The molecule has 17 heavy (non-hydrogen) atoms. The Morgan fingerprint density at radius 1 is 1.24 bits per heavy atom. The summed E-state index contributed by atoms with van der Waals surface area (Å²) in [5.74, 6) is -0.278. The zero-order valence-electron chi connectivity index (χ0n) is 10.5. The number of methoxy groups -OCH3 is 1. The van der Waals surface area contributed by atoms with Crippen molar-refractivity contribution in [2.24, 2.45) is 5.73 Å². The van der Waals surface area contributed by atoms with Gasteiger partial charge in [-0.25, -0.2) is 0 Å². The van der Waals surface area contributed by atoms with Crippen LogP contribution in [0.4, 0.5) is 0 Å². The van der Waals surface area contributed by atoms with Crippen LogP contribution in [-0.2, 0) is 14.3 Å². The molecule has 0 saturated heterocycles. The minimum atomic E-state index is -0.445. The molecule has 0 aromatic heterocycles. The summed E-state index contributed by atoms with van der Waals surface area (Å²) in [5.41, 5.74) is 5.38. The maximum absolute atomic E-state index is 11.1. The lowest BCUT2D eigenvalue weighted by molar-refractivity contribution is -0.140. The van der Waals surface area contributed by atoms with Crippen molar-refractivity contribution in [1.82, 2.24) is 5.32 Å². The lowest BCUT2D eigenvalue weighted by Gasteiger charge is -2.07. The van der Waals surface area contributed by atoms with Gasteiger partial charge in [0.1, 0.15) is 0 Å². The zero-order valence-corrected chi connectivity index (χ0v) is 11.3. The Hall–Kier alpha value is -0.810. The van der Waals surface area contributed by atoms with Gasteiger partial charge in [0.05, 0.1) is 13.2 Å². The highest BCUT2D eigenvalue weighted by atomic mass is 35.5. The first kappa shape index (κ1) is 18.6. The second kappa shape index (κ2) is 11.7. The number of esters is 1. The molecule has 102 valence electrons. The standard InChI is InChI=1S/C11H22N2O3.ClH/c1-9(12)11(15)13-8-6-4-3-5-7-10(14)16-2;/h9H,3-8,12H2,1-2H3,(H,13,15);1H. The molecule has 1 unspecified atom stereocenters. The largest absolute Gasteiger partial charge is 0.469 e. The van der Waals surface area contributed by atoms with Crippen molar-refractivity contribution in [2.75, 3.05) is 13.7 Å². The molecule has 0 spiro atoms. The fourth-order valence-electron chi connectivity index (χ4n) is 1.22. The molecule has 0 radical (unpaired) electrons. The second-order valence-electron chi connectivity index (χ2n) is 3.82. The number of halogens is 1. The van der Waals surface area contributed by atoms with E-state index in [1.165, 1.54) is 7.11 Å². The molecule has 0 aliphatic rings. The number of nitrogens with one attached hydrogen (secondary N) is 1. The molecule has 0 aliphatic heterocycles. The minimum absolute atomic E-state index is 0. The second-order valence-corrected chi connectivity index (χ2v) is 3.82. The van der Waals surface area contributed by atoms with Crippen molar-refractivity contribution >= 4 is 24.3 Å². The van der Waals surface area contributed by atoms with Crippen LogP contribution >= 0.6 is 12.4 Å². The van der Waals surface area contributed by atoms with Crippen LogP contribution in [0.2, 0.25) is 0 Å². The quantitative estimate of drug-likeness (QED) is 0.507. The van der Waals surface area contributed by atoms with Crippen LogP contribution in [0, 0.1) is 0 Å². The fourth-order valence-corrected chi connectivity index (χ4v) is 1.22. The van der Waals surface area contributed by atoms with Gasteiger partial charge in [-0.05, 0) is 19.8 Å². The maximum Gasteiger partial charge on any atom is 0.305 e. The highest BCUT2D eigenvalue weighted by molar-refractivity contribution is 5.85. The monoisotopic (exact) mass is 266 g/mol. The van der Waals surface area contributed by atoms with Crippen molar-refractivity contribution in [3.63, 3.8) is 0 Å². The average Bonchev–Trinajstić information content (AvgIpc) is 2.26. The van der Waals surface area contributed by atoms with E-state index in [1.54, 1.807) is 6.92 Å². The lowest BCUT2D eigenvalue weighted by Crippen LogP contribution is -2.38. The minimum Gasteiger partial charge on any atom is -0.469 e. The van der Waals surface area contributed by atoms with Gasteiger partial charge in [0, 0.05) is 13.0 Å². The van der Waals surface area contributed by atoms with Crippen molar-refractivity contribution in [3.05, 3.63) is 0 Å². The third-order valence-electron chi connectivity index (χ3n) is 2.25. The third-order valence-corrected chi connectivity index (χ3v) is 2.25. The van der Waals surface area contributed by atoms with Crippen LogP contribution < -0.4 is 11.1 Å². The Bertz CT molecular complexity index is 223. The summed E-state index contributed by atoms with van der Waals surface area (Å²) in [6.45, 7) is 2.31. The molecule has 0 rings (SSSR count). The summed E-state index contributed by atoms with van der Waals surface area (Å²) >= 11 is 0. The van der Waals surface area contributed by atoms with Gasteiger partial charge in [0.2, 0.25) is 5.91 Å². The van der Waals surface area contributed by atoms with Crippen LogP contribution in [0.5, 0.6) is 0 Å². The summed E-state index contributed by atoms with van der Waals surface area (Å²) in [6, 6.07) is -0.445. The van der Waals surface area contributed by atoms with Gasteiger partial charge in [-0.2, -0.15) is 0 Å². The van der Waals surface area contributed by atoms with E-state index in [0.29, 0.717) is 13.0 Å². The summed E-state index contributed by atoms with van der Waals surface area (Å²) < 4.78 is 4.53. The lowest BCUT2D eigenvalue weighted by atomic mass is 10.1. The van der Waals surface area contributed by atoms with Gasteiger partial charge < -0.3 is 15.8 Å². The van der Waals surface area contributed by atoms with E-state index >= 15 is 0 Å². The van der Waals surface area contributed by atoms with Gasteiger partial charge >= 0.3 is 5.97 Å². The number of carbonyl (C=O) groups is 2. The fraction of sp³-hybridized carbons (Fsp3) is 0.818. The van der Waals surface area contributed by atoms with Gasteiger partial charge in [-0.15, -0.1) is 12.4 Å². The van der Waals surface area contributed by atoms with E-state index in [0.717, 1.165) is 25.7 Å². The first-order valence-electron chi connectivity index (χ1n) is 5.68. The normalized spacial score (nSPS) is 11.2.